The van der Waals surface area contributed by atoms with Crippen LogP contribution in [0, 0.1) is 6.92 Å². The van der Waals surface area contributed by atoms with Crippen LogP contribution in [0.3, 0.4) is 0 Å². The third kappa shape index (κ3) is 4.73. The largest absolute Gasteiger partial charge is 0.469 e. The summed E-state index contributed by atoms with van der Waals surface area (Å²) < 4.78 is 5.37. The lowest BCUT2D eigenvalue weighted by molar-refractivity contribution is 0.315. The van der Waals surface area contributed by atoms with Crippen LogP contribution in [0.4, 0.5) is 0 Å². The molecule has 0 bridgehead atoms. The van der Waals surface area contributed by atoms with Crippen LogP contribution in [0.1, 0.15) is 35.8 Å². The Bertz CT molecular complexity index is 548. The van der Waals surface area contributed by atoms with Gasteiger partial charge in [-0.05, 0) is 44.1 Å². The summed E-state index contributed by atoms with van der Waals surface area (Å²) in [6, 6.07) is 10.7. The van der Waals surface area contributed by atoms with Crippen LogP contribution in [0.2, 0.25) is 0 Å². The second-order valence-corrected chi connectivity index (χ2v) is 5.62. The molecule has 1 aromatic carbocycles. The van der Waals surface area contributed by atoms with Gasteiger partial charge in [-0.25, -0.2) is 0 Å². The number of rotatable bonds is 8. The zero-order chi connectivity index (χ0) is 15.1. The molecule has 3 nitrogen and oxygen atoms in total. The van der Waals surface area contributed by atoms with Crippen LogP contribution < -0.4 is 5.32 Å². The van der Waals surface area contributed by atoms with E-state index < -0.39 is 0 Å². The van der Waals surface area contributed by atoms with Gasteiger partial charge in [-0.2, -0.15) is 0 Å². The molecule has 2 rings (SSSR count). The van der Waals surface area contributed by atoms with E-state index in [1.165, 1.54) is 23.1 Å². The Kier molecular flexibility index (Phi) is 6.03. The van der Waals surface area contributed by atoms with Crippen molar-refractivity contribution < 1.29 is 4.42 Å². The van der Waals surface area contributed by atoms with E-state index in [-0.39, 0.29) is 0 Å². The van der Waals surface area contributed by atoms with Crippen molar-refractivity contribution in [3.8, 4) is 0 Å². The lowest BCUT2D eigenvalue weighted by Crippen LogP contribution is -2.20. The minimum Gasteiger partial charge on any atom is -0.469 e. The molecule has 114 valence electrons. The summed E-state index contributed by atoms with van der Waals surface area (Å²) in [5.74, 6) is 1.01. The summed E-state index contributed by atoms with van der Waals surface area (Å²) in [7, 11) is 2.16. The maximum Gasteiger partial charge on any atom is 0.105 e. The zero-order valence-corrected chi connectivity index (χ0v) is 13.4. The highest BCUT2D eigenvalue weighted by molar-refractivity contribution is 5.27. The number of benzene rings is 1. The van der Waals surface area contributed by atoms with E-state index in [1.54, 1.807) is 6.26 Å². The van der Waals surface area contributed by atoms with Gasteiger partial charge >= 0.3 is 0 Å². The van der Waals surface area contributed by atoms with Gasteiger partial charge in [0.15, 0.2) is 0 Å². The summed E-state index contributed by atoms with van der Waals surface area (Å²) >= 11 is 0. The average molecular weight is 286 g/mol. The number of nitrogens with zero attached hydrogens (tertiary/aromatic N) is 1. The predicted molar refractivity (Wildman–Crippen MR) is 87.1 cm³/mol. The molecular formula is C18H26N2O. The van der Waals surface area contributed by atoms with E-state index in [2.05, 4.69) is 54.5 Å². The molecule has 2 aromatic rings. The van der Waals surface area contributed by atoms with Gasteiger partial charge < -0.3 is 9.73 Å². The summed E-state index contributed by atoms with van der Waals surface area (Å²) in [6.07, 6.45) is 2.93. The molecule has 21 heavy (non-hydrogen) atoms. The van der Waals surface area contributed by atoms with E-state index in [4.69, 9.17) is 4.42 Å². The first kappa shape index (κ1) is 15.8. The number of nitrogens with one attached hydrogen (secondary N) is 1. The number of hydrogen-bond donors (Lipinski definition) is 1. The molecule has 1 N–H and O–H groups in total. The number of hydrogen-bond acceptors (Lipinski definition) is 3. The monoisotopic (exact) mass is 286 g/mol. The molecule has 0 spiro atoms. The van der Waals surface area contributed by atoms with E-state index in [1.807, 2.05) is 6.92 Å². The Balaban J connectivity index is 1.96. The number of aryl methyl sites for hydroxylation is 1. The van der Waals surface area contributed by atoms with Crippen LogP contribution in [0.5, 0.6) is 0 Å². The second kappa shape index (κ2) is 8.01. The molecular weight excluding hydrogens is 260 g/mol. The molecule has 0 unspecified atom stereocenters. The van der Waals surface area contributed by atoms with Crippen molar-refractivity contribution in [1.29, 1.82) is 0 Å². The molecule has 0 fully saturated rings. The van der Waals surface area contributed by atoms with Gasteiger partial charge in [0.1, 0.15) is 5.76 Å². The van der Waals surface area contributed by atoms with E-state index >= 15 is 0 Å². The van der Waals surface area contributed by atoms with Crippen molar-refractivity contribution in [2.45, 2.75) is 39.9 Å². The molecule has 0 amide bonds. The first-order valence-electron chi connectivity index (χ1n) is 7.69. The first-order chi connectivity index (χ1) is 10.2. The van der Waals surface area contributed by atoms with Crippen LogP contribution in [0.15, 0.2) is 41.0 Å². The minimum absolute atomic E-state index is 0.916. The summed E-state index contributed by atoms with van der Waals surface area (Å²) in [6.45, 7) is 8.10. The molecule has 0 aliphatic heterocycles. The van der Waals surface area contributed by atoms with E-state index in [9.17, 15) is 0 Å². The Morgan fingerprint density at radius 1 is 1.05 bits per heavy atom. The fourth-order valence-electron chi connectivity index (χ4n) is 2.50. The van der Waals surface area contributed by atoms with Crippen LogP contribution in [0.25, 0.3) is 0 Å². The van der Waals surface area contributed by atoms with Crippen molar-refractivity contribution in [3.05, 3.63) is 59.0 Å². The van der Waals surface area contributed by atoms with Crippen LogP contribution >= 0.6 is 0 Å². The first-order valence-corrected chi connectivity index (χ1v) is 7.69. The van der Waals surface area contributed by atoms with Gasteiger partial charge in [0.25, 0.3) is 0 Å². The van der Waals surface area contributed by atoms with Crippen molar-refractivity contribution in [2.24, 2.45) is 0 Å². The highest BCUT2D eigenvalue weighted by atomic mass is 16.3. The summed E-state index contributed by atoms with van der Waals surface area (Å²) in [5.41, 5.74) is 4.05. The maximum absolute atomic E-state index is 5.37. The summed E-state index contributed by atoms with van der Waals surface area (Å²) in [4.78, 5) is 2.33. The highest BCUT2D eigenvalue weighted by Crippen LogP contribution is 2.15. The molecule has 0 radical (unpaired) electrons. The predicted octanol–water partition coefficient (Wildman–Crippen LogP) is 3.72. The second-order valence-electron chi connectivity index (χ2n) is 5.62. The molecule has 0 saturated carbocycles. The van der Waals surface area contributed by atoms with Gasteiger partial charge in [0.05, 0.1) is 6.26 Å². The molecule has 0 saturated heterocycles. The van der Waals surface area contributed by atoms with Gasteiger partial charge in [-0.1, -0.05) is 31.2 Å². The van der Waals surface area contributed by atoms with E-state index in [0.717, 1.165) is 31.9 Å². The van der Waals surface area contributed by atoms with E-state index in [0.29, 0.717) is 0 Å². The smallest absolute Gasteiger partial charge is 0.105 e. The fourth-order valence-corrected chi connectivity index (χ4v) is 2.50. The fraction of sp³-hybridized carbons (Fsp3) is 0.444. The molecule has 0 aliphatic carbocycles. The lowest BCUT2D eigenvalue weighted by Gasteiger charge is -2.19. The molecule has 1 heterocycles. The van der Waals surface area contributed by atoms with Crippen molar-refractivity contribution in [1.82, 2.24) is 10.2 Å². The average Bonchev–Trinajstić information content (AvgIpc) is 2.86. The third-order valence-electron chi connectivity index (χ3n) is 3.71. The van der Waals surface area contributed by atoms with Crippen molar-refractivity contribution >= 4 is 0 Å². The molecule has 0 aliphatic rings. The molecule has 0 atom stereocenters. The molecule has 1 aromatic heterocycles. The lowest BCUT2D eigenvalue weighted by atomic mass is 10.1. The Labute approximate surface area is 128 Å². The number of furan rings is 1. The summed E-state index contributed by atoms with van der Waals surface area (Å²) in [5, 5.41) is 3.49. The van der Waals surface area contributed by atoms with Gasteiger partial charge in [0, 0.05) is 25.2 Å². The SMILES string of the molecule is CCCNCc1ccccc1CN(C)Cc1ccoc1C. The Morgan fingerprint density at radius 3 is 2.43 bits per heavy atom. The normalized spacial score (nSPS) is 11.2. The van der Waals surface area contributed by atoms with Gasteiger partial charge in [0.2, 0.25) is 0 Å². The standard InChI is InChI=1S/C18H26N2O/c1-4-10-19-12-16-7-5-6-8-18(16)14-20(3)13-17-9-11-21-15(17)2/h5-9,11,19H,4,10,12-14H2,1-3H3. The Morgan fingerprint density at radius 2 is 1.76 bits per heavy atom. The Hall–Kier alpha value is -1.58. The zero-order valence-electron chi connectivity index (χ0n) is 13.4. The van der Waals surface area contributed by atoms with Crippen molar-refractivity contribution in [2.75, 3.05) is 13.6 Å². The maximum atomic E-state index is 5.37. The van der Waals surface area contributed by atoms with Gasteiger partial charge in [-0.15, -0.1) is 0 Å². The van der Waals surface area contributed by atoms with Crippen LogP contribution in [-0.4, -0.2) is 18.5 Å². The minimum atomic E-state index is 0.916. The topological polar surface area (TPSA) is 28.4 Å². The quantitative estimate of drug-likeness (QED) is 0.750. The molecule has 3 heteroatoms. The van der Waals surface area contributed by atoms with Crippen LogP contribution in [-0.2, 0) is 19.6 Å². The van der Waals surface area contributed by atoms with Crippen molar-refractivity contribution in [3.63, 3.8) is 0 Å². The highest BCUT2D eigenvalue weighted by Gasteiger charge is 2.08. The van der Waals surface area contributed by atoms with Gasteiger partial charge in [-0.3, -0.25) is 4.90 Å². The third-order valence-corrected chi connectivity index (χ3v) is 3.71.